The molecular weight excluding hydrogens is 458 g/mol. The quantitative estimate of drug-likeness (QED) is 0.263. The minimum absolute atomic E-state index is 0.242. The molecule has 2 aromatic heterocycles. The van der Waals surface area contributed by atoms with Crippen molar-refractivity contribution < 1.29 is 9.59 Å². The van der Waals surface area contributed by atoms with Gasteiger partial charge in [0.05, 0.1) is 16.8 Å². The van der Waals surface area contributed by atoms with Gasteiger partial charge in [0, 0.05) is 30.3 Å². The molecule has 0 unspecified atom stereocenters. The molecule has 0 radical (unpaired) electrons. The second-order valence-corrected chi connectivity index (χ2v) is 9.23. The molecule has 35 heavy (non-hydrogen) atoms. The first kappa shape index (κ1) is 23.0. The monoisotopic (exact) mass is 483 g/mol. The Kier molecular flexibility index (Phi) is 6.46. The fourth-order valence-corrected chi connectivity index (χ4v) is 5.28. The number of amides is 2. The average molecular weight is 484 g/mol. The molecule has 4 aromatic rings. The van der Waals surface area contributed by atoms with Gasteiger partial charge in [0.2, 0.25) is 0 Å². The van der Waals surface area contributed by atoms with Crippen molar-refractivity contribution in [1.82, 2.24) is 24.6 Å². The van der Waals surface area contributed by atoms with Crippen LogP contribution in [0.25, 0.3) is 17.1 Å². The first-order valence-corrected chi connectivity index (χ1v) is 12.7. The van der Waals surface area contributed by atoms with Crippen molar-refractivity contribution in [3.8, 4) is 17.1 Å². The number of hydrogen-bond donors (Lipinski definition) is 0. The van der Waals surface area contributed by atoms with Gasteiger partial charge in [-0.05, 0) is 48.2 Å². The molecule has 7 nitrogen and oxygen atoms in total. The van der Waals surface area contributed by atoms with Crippen LogP contribution < -0.4 is 0 Å². The number of para-hydroxylation sites is 1. The largest absolute Gasteiger partial charge is 0.273 e. The molecule has 3 heterocycles. The molecule has 2 aromatic carbocycles. The van der Waals surface area contributed by atoms with E-state index < -0.39 is 0 Å². The number of carbonyl (C=O) groups is 2. The van der Waals surface area contributed by atoms with Crippen molar-refractivity contribution in [2.45, 2.75) is 31.8 Å². The molecule has 2 amide bonds. The highest BCUT2D eigenvalue weighted by Crippen LogP contribution is 2.32. The van der Waals surface area contributed by atoms with Gasteiger partial charge in [-0.15, -0.1) is 10.2 Å². The number of benzene rings is 2. The smallest absolute Gasteiger partial charge is 0.261 e. The van der Waals surface area contributed by atoms with Crippen LogP contribution in [0.5, 0.6) is 0 Å². The van der Waals surface area contributed by atoms with Gasteiger partial charge in [0.15, 0.2) is 11.0 Å². The summed E-state index contributed by atoms with van der Waals surface area (Å²) in [5.74, 6) is 0.741. The summed E-state index contributed by atoms with van der Waals surface area (Å²) in [7, 11) is 0. The van der Waals surface area contributed by atoms with Crippen LogP contribution in [0.15, 0.2) is 72.1 Å². The van der Waals surface area contributed by atoms with Crippen LogP contribution in [0, 0.1) is 0 Å². The van der Waals surface area contributed by atoms with Crippen molar-refractivity contribution in [3.63, 3.8) is 0 Å². The van der Waals surface area contributed by atoms with Gasteiger partial charge < -0.3 is 0 Å². The summed E-state index contributed by atoms with van der Waals surface area (Å²) >= 11 is 1.49. The van der Waals surface area contributed by atoms with Crippen molar-refractivity contribution in [2.24, 2.45) is 0 Å². The number of carbonyl (C=O) groups excluding carboxylic acids is 2. The van der Waals surface area contributed by atoms with Gasteiger partial charge in [-0.3, -0.25) is 24.0 Å². The van der Waals surface area contributed by atoms with Crippen molar-refractivity contribution in [1.29, 1.82) is 0 Å². The molecule has 176 valence electrons. The minimum Gasteiger partial charge on any atom is -0.273 e. The lowest BCUT2D eigenvalue weighted by atomic mass is 10.0. The summed E-state index contributed by atoms with van der Waals surface area (Å²) in [6.07, 6.45) is 5.26. The predicted molar refractivity (Wildman–Crippen MR) is 136 cm³/mol. The number of nitrogens with zero attached hydrogens (tertiary/aromatic N) is 5. The average Bonchev–Trinajstić information content (AvgIpc) is 3.43. The van der Waals surface area contributed by atoms with Crippen LogP contribution in [0.1, 0.15) is 45.7 Å². The van der Waals surface area contributed by atoms with Crippen LogP contribution in [-0.2, 0) is 12.8 Å². The maximum absolute atomic E-state index is 12.7. The topological polar surface area (TPSA) is 81.0 Å². The van der Waals surface area contributed by atoms with Crippen molar-refractivity contribution >= 4 is 23.6 Å². The molecule has 1 aliphatic rings. The van der Waals surface area contributed by atoms with E-state index in [-0.39, 0.29) is 11.8 Å². The molecule has 0 atom stereocenters. The van der Waals surface area contributed by atoms with Gasteiger partial charge >= 0.3 is 0 Å². The molecule has 0 fully saturated rings. The Morgan fingerprint density at radius 3 is 2.11 bits per heavy atom. The van der Waals surface area contributed by atoms with Gasteiger partial charge in [-0.1, -0.05) is 55.9 Å². The Hall–Kier alpha value is -3.78. The fourth-order valence-electron chi connectivity index (χ4n) is 4.42. The SMILES string of the molecule is CCc1cccc(CC)c1-n1c(SCCN2C(=O)c3ccccc3C2=O)nnc1-c1cccnc1. The Morgan fingerprint density at radius 1 is 0.829 bits per heavy atom. The first-order chi connectivity index (χ1) is 17.1. The predicted octanol–water partition coefficient (Wildman–Crippen LogP) is 4.84. The third kappa shape index (κ3) is 4.14. The summed E-state index contributed by atoms with van der Waals surface area (Å²) in [4.78, 5) is 31.1. The molecule has 0 N–H and O–H groups in total. The van der Waals surface area contributed by atoms with Crippen LogP contribution >= 0.6 is 11.8 Å². The first-order valence-electron chi connectivity index (χ1n) is 11.7. The lowest BCUT2D eigenvalue weighted by molar-refractivity contribution is 0.0664. The number of aryl methyl sites for hydroxylation is 2. The Bertz CT molecular complexity index is 1340. The standard InChI is InChI=1S/C27H25N5O2S/c1-3-18-9-7-10-19(4-2)23(18)32-24(20-11-8-14-28-17-20)29-30-27(32)35-16-15-31-25(33)21-12-5-6-13-22(21)26(31)34/h5-14,17H,3-4,15-16H2,1-2H3. The normalized spacial score (nSPS) is 12.9. The van der Waals surface area contributed by atoms with E-state index in [9.17, 15) is 9.59 Å². The molecule has 0 aliphatic carbocycles. The highest BCUT2D eigenvalue weighted by atomic mass is 32.2. The molecular formula is C27H25N5O2S. The third-order valence-electron chi connectivity index (χ3n) is 6.17. The number of thioether (sulfide) groups is 1. The van der Waals surface area contributed by atoms with Crippen LogP contribution in [0.4, 0.5) is 0 Å². The molecule has 0 bridgehead atoms. The van der Waals surface area contributed by atoms with Crippen LogP contribution in [-0.4, -0.2) is 48.8 Å². The zero-order chi connectivity index (χ0) is 24.4. The molecule has 5 rings (SSSR count). The van der Waals surface area contributed by atoms with E-state index in [1.54, 1.807) is 36.7 Å². The summed E-state index contributed by atoms with van der Waals surface area (Å²) in [5.41, 5.74) is 5.31. The van der Waals surface area contributed by atoms with E-state index in [2.05, 4.69) is 51.8 Å². The summed E-state index contributed by atoms with van der Waals surface area (Å²) < 4.78 is 2.10. The van der Waals surface area contributed by atoms with Crippen molar-refractivity contribution in [2.75, 3.05) is 12.3 Å². The third-order valence-corrected chi connectivity index (χ3v) is 7.08. The number of rotatable bonds is 8. The van der Waals surface area contributed by atoms with Gasteiger partial charge in [0.25, 0.3) is 11.8 Å². The lowest BCUT2D eigenvalue weighted by Gasteiger charge is -2.18. The Balaban J connectivity index is 1.48. The number of fused-ring (bicyclic) bond motifs is 1. The zero-order valence-corrected chi connectivity index (χ0v) is 20.5. The summed E-state index contributed by atoms with van der Waals surface area (Å²) in [6.45, 7) is 4.57. The molecule has 0 saturated heterocycles. The van der Waals surface area contributed by atoms with Gasteiger partial charge in [-0.25, -0.2) is 0 Å². The number of imide groups is 1. The van der Waals surface area contributed by atoms with Crippen LogP contribution in [0.2, 0.25) is 0 Å². The molecule has 1 aliphatic heterocycles. The Labute approximate surface area is 208 Å². The molecule has 0 spiro atoms. The Morgan fingerprint density at radius 2 is 1.51 bits per heavy atom. The maximum Gasteiger partial charge on any atom is 0.261 e. The van der Waals surface area contributed by atoms with Gasteiger partial charge in [0.1, 0.15) is 0 Å². The minimum atomic E-state index is -0.242. The molecule has 0 saturated carbocycles. The fraction of sp³-hybridized carbons (Fsp3) is 0.222. The highest BCUT2D eigenvalue weighted by molar-refractivity contribution is 7.99. The van der Waals surface area contributed by atoms with E-state index >= 15 is 0 Å². The number of aromatic nitrogens is 4. The second-order valence-electron chi connectivity index (χ2n) is 8.17. The van der Waals surface area contributed by atoms with E-state index in [1.165, 1.54) is 27.8 Å². The van der Waals surface area contributed by atoms with Gasteiger partial charge in [-0.2, -0.15) is 0 Å². The van der Waals surface area contributed by atoms with E-state index in [0.717, 1.165) is 35.1 Å². The highest BCUT2D eigenvalue weighted by Gasteiger charge is 2.34. The molecule has 8 heteroatoms. The second kappa shape index (κ2) is 9.84. The zero-order valence-electron chi connectivity index (χ0n) is 19.6. The lowest BCUT2D eigenvalue weighted by Crippen LogP contribution is -2.31. The number of pyridine rings is 1. The van der Waals surface area contributed by atoms with E-state index in [1.807, 2.05) is 12.1 Å². The van der Waals surface area contributed by atoms with Crippen molar-refractivity contribution in [3.05, 3.63) is 89.2 Å². The van der Waals surface area contributed by atoms with Crippen LogP contribution in [0.3, 0.4) is 0 Å². The number of hydrogen-bond acceptors (Lipinski definition) is 6. The summed E-state index contributed by atoms with van der Waals surface area (Å²) in [5, 5.41) is 9.77. The van der Waals surface area contributed by atoms with E-state index in [4.69, 9.17) is 0 Å². The van der Waals surface area contributed by atoms with E-state index in [0.29, 0.717) is 23.4 Å². The summed E-state index contributed by atoms with van der Waals surface area (Å²) in [6, 6.07) is 17.2. The maximum atomic E-state index is 12.7.